The molecule has 0 bridgehead atoms. The van der Waals surface area contributed by atoms with Crippen LogP contribution >= 0.6 is 0 Å². The van der Waals surface area contributed by atoms with Crippen LogP contribution in [0.5, 0.6) is 0 Å². The van der Waals surface area contributed by atoms with E-state index in [1.807, 2.05) is 30.3 Å². The van der Waals surface area contributed by atoms with Crippen molar-refractivity contribution >= 4 is 39.2 Å². The van der Waals surface area contributed by atoms with Gasteiger partial charge in [0.2, 0.25) is 0 Å². The second kappa shape index (κ2) is 14.8. The topological polar surface area (TPSA) is 36.2 Å². The van der Waals surface area contributed by atoms with E-state index in [1.54, 1.807) is 0 Å². The van der Waals surface area contributed by atoms with E-state index in [0.29, 0.717) is 0 Å². The number of nitrogens with one attached hydrogen (secondary N) is 1. The molecule has 0 radical (unpaired) electrons. The molecule has 1 aliphatic carbocycles. The van der Waals surface area contributed by atoms with Crippen molar-refractivity contribution in [2.24, 2.45) is 4.99 Å². The first-order valence-electron chi connectivity index (χ1n) is 20.3. The number of rotatable bonds is 7. The number of amidine groups is 1. The van der Waals surface area contributed by atoms with Crippen LogP contribution < -0.4 is 0 Å². The fraction of sp³-hybridized carbons (Fsp3) is 0.0526. The molecular formula is C57H42N2. The van der Waals surface area contributed by atoms with E-state index in [0.717, 1.165) is 33.4 Å². The van der Waals surface area contributed by atoms with E-state index in [1.165, 1.54) is 66.2 Å². The number of fused-ring (bicyclic) bond motifs is 5. The van der Waals surface area contributed by atoms with Gasteiger partial charge in [0.1, 0.15) is 0 Å². The number of benzene rings is 9. The minimum absolute atomic E-state index is 0.0990. The monoisotopic (exact) mass is 754 g/mol. The van der Waals surface area contributed by atoms with Gasteiger partial charge in [0.25, 0.3) is 0 Å². The van der Waals surface area contributed by atoms with Crippen LogP contribution in [-0.2, 0) is 5.41 Å². The van der Waals surface area contributed by atoms with Crippen LogP contribution in [-0.4, -0.2) is 11.5 Å². The molecule has 0 saturated carbocycles. The maximum atomic E-state index is 9.03. The quantitative estimate of drug-likeness (QED) is 0.124. The molecule has 280 valence electrons. The smallest absolute Gasteiger partial charge is 0.152 e. The van der Waals surface area contributed by atoms with Crippen molar-refractivity contribution in [3.8, 4) is 44.5 Å². The van der Waals surface area contributed by atoms with Gasteiger partial charge in [-0.15, -0.1) is 0 Å². The summed E-state index contributed by atoms with van der Waals surface area (Å²) in [6.45, 7) is 4.71. The van der Waals surface area contributed by atoms with Crippen molar-refractivity contribution in [1.29, 1.82) is 5.41 Å². The lowest BCUT2D eigenvalue weighted by Crippen LogP contribution is -2.16. The standard InChI is InChI=1S/C57H42N2/c1-57(2)53-31-11-10-27-51(53)52-30-15-29-49(55(52)57)43-22-12-20-41(36-43)48-34-32-39(46-25-8-9-26-50(46)48)33-35-54(59-56(58)40-17-4-3-5-18-40)44-23-13-21-42(37-44)47-28-14-19-38-16-6-7-24-45(38)47/h3-37,58H,1-2H3/b35-33+,58-56?,59-54?. The number of hydrogen-bond acceptors (Lipinski definition) is 1. The Bertz CT molecular complexity index is 3140. The largest absolute Gasteiger partial charge is 0.282 e. The van der Waals surface area contributed by atoms with Gasteiger partial charge in [-0.05, 0) is 101 Å². The van der Waals surface area contributed by atoms with Gasteiger partial charge in [-0.1, -0.05) is 208 Å². The van der Waals surface area contributed by atoms with Crippen LogP contribution in [0.1, 0.15) is 41.7 Å². The van der Waals surface area contributed by atoms with Crippen molar-refractivity contribution in [1.82, 2.24) is 0 Å². The van der Waals surface area contributed by atoms with Gasteiger partial charge < -0.3 is 0 Å². The zero-order chi connectivity index (χ0) is 39.9. The molecule has 59 heavy (non-hydrogen) atoms. The number of hydrogen-bond donors (Lipinski definition) is 1. The molecule has 0 spiro atoms. The van der Waals surface area contributed by atoms with Gasteiger partial charge in [-0.3, -0.25) is 5.41 Å². The third-order valence-corrected chi connectivity index (χ3v) is 12.0. The average Bonchev–Trinajstić information content (AvgIpc) is 3.53. The molecule has 0 heterocycles. The third-order valence-electron chi connectivity index (χ3n) is 12.0. The van der Waals surface area contributed by atoms with Gasteiger partial charge in [0.05, 0.1) is 5.71 Å². The molecular weight excluding hydrogens is 713 g/mol. The van der Waals surface area contributed by atoms with Crippen LogP contribution in [0.4, 0.5) is 0 Å². The Kier molecular flexibility index (Phi) is 9.03. The van der Waals surface area contributed by atoms with E-state index in [4.69, 9.17) is 10.4 Å². The maximum absolute atomic E-state index is 9.03. The predicted molar refractivity (Wildman–Crippen MR) is 251 cm³/mol. The van der Waals surface area contributed by atoms with Crippen LogP contribution in [0.2, 0.25) is 0 Å². The third kappa shape index (κ3) is 6.49. The van der Waals surface area contributed by atoms with Crippen LogP contribution in [0.25, 0.3) is 72.1 Å². The molecule has 9 aromatic rings. The van der Waals surface area contributed by atoms with Gasteiger partial charge >= 0.3 is 0 Å². The zero-order valence-electron chi connectivity index (χ0n) is 33.2. The molecule has 0 atom stereocenters. The van der Waals surface area contributed by atoms with Gasteiger partial charge in [0.15, 0.2) is 5.84 Å². The minimum Gasteiger partial charge on any atom is -0.282 e. The van der Waals surface area contributed by atoms with Crippen molar-refractivity contribution in [2.45, 2.75) is 19.3 Å². The van der Waals surface area contributed by atoms with E-state index < -0.39 is 0 Å². The molecule has 1 N–H and O–H groups in total. The Morgan fingerprint density at radius 2 is 1.02 bits per heavy atom. The van der Waals surface area contributed by atoms with Gasteiger partial charge in [0, 0.05) is 16.5 Å². The highest BCUT2D eigenvalue weighted by Gasteiger charge is 2.37. The molecule has 2 nitrogen and oxygen atoms in total. The van der Waals surface area contributed by atoms with Crippen LogP contribution in [0, 0.1) is 5.41 Å². The van der Waals surface area contributed by atoms with Crippen LogP contribution in [0.15, 0.2) is 211 Å². The minimum atomic E-state index is -0.0990. The number of allylic oxidation sites excluding steroid dienone is 1. The zero-order valence-corrected chi connectivity index (χ0v) is 33.2. The van der Waals surface area contributed by atoms with Crippen LogP contribution in [0.3, 0.4) is 0 Å². The normalized spacial score (nSPS) is 13.2. The summed E-state index contributed by atoms with van der Waals surface area (Å²) in [7, 11) is 0. The molecule has 0 unspecified atom stereocenters. The van der Waals surface area contributed by atoms with Crippen molar-refractivity contribution in [2.75, 3.05) is 0 Å². The molecule has 9 aromatic carbocycles. The Morgan fingerprint density at radius 1 is 0.458 bits per heavy atom. The van der Waals surface area contributed by atoms with Gasteiger partial charge in [-0.2, -0.15) is 0 Å². The predicted octanol–water partition coefficient (Wildman–Crippen LogP) is 14.8. The lowest BCUT2D eigenvalue weighted by Gasteiger charge is -2.24. The van der Waals surface area contributed by atoms with E-state index in [2.05, 4.69) is 196 Å². The molecule has 0 fully saturated rings. The van der Waals surface area contributed by atoms with E-state index in [9.17, 15) is 0 Å². The second-order valence-corrected chi connectivity index (χ2v) is 15.9. The second-order valence-electron chi connectivity index (χ2n) is 15.9. The van der Waals surface area contributed by atoms with Crippen molar-refractivity contribution in [3.63, 3.8) is 0 Å². The number of aliphatic imine (C=N–C) groups is 1. The molecule has 10 rings (SSSR count). The summed E-state index contributed by atoms with van der Waals surface area (Å²) in [4.78, 5) is 4.97. The first kappa shape index (κ1) is 36.0. The Morgan fingerprint density at radius 3 is 1.86 bits per heavy atom. The first-order valence-corrected chi connectivity index (χ1v) is 20.3. The fourth-order valence-corrected chi connectivity index (χ4v) is 9.13. The maximum Gasteiger partial charge on any atom is 0.152 e. The highest BCUT2D eigenvalue weighted by Crippen LogP contribution is 2.52. The molecule has 2 heteroatoms. The van der Waals surface area contributed by atoms with E-state index >= 15 is 0 Å². The van der Waals surface area contributed by atoms with Crippen molar-refractivity contribution < 1.29 is 0 Å². The Labute approximate surface area is 346 Å². The Balaban J connectivity index is 1.04. The van der Waals surface area contributed by atoms with Crippen molar-refractivity contribution in [3.05, 3.63) is 234 Å². The highest BCUT2D eigenvalue weighted by atomic mass is 14.8. The molecule has 0 amide bonds. The molecule has 0 aromatic heterocycles. The SMILES string of the molecule is CC1(C)c2ccccc2-c2cccc(-c3cccc(-c4ccc(/C=C/C(=NC(=N)c5ccccc5)c5cccc(-c6cccc7ccccc67)c5)c5ccccc45)c3)c21. The molecule has 0 saturated heterocycles. The molecule has 1 aliphatic rings. The summed E-state index contributed by atoms with van der Waals surface area (Å²) in [5.74, 6) is 0.220. The summed E-state index contributed by atoms with van der Waals surface area (Å²) in [5, 5.41) is 13.8. The fourth-order valence-electron chi connectivity index (χ4n) is 9.13. The summed E-state index contributed by atoms with van der Waals surface area (Å²) < 4.78 is 0. The lowest BCUT2D eigenvalue weighted by atomic mass is 9.78. The summed E-state index contributed by atoms with van der Waals surface area (Å²) in [6.07, 6.45) is 4.22. The highest BCUT2D eigenvalue weighted by molar-refractivity contribution is 6.18. The first-order chi connectivity index (χ1) is 28.9. The summed E-state index contributed by atoms with van der Waals surface area (Å²) in [5.41, 5.74) is 16.0. The summed E-state index contributed by atoms with van der Waals surface area (Å²) in [6, 6.07) is 71.0. The Hall–Kier alpha value is -7.42. The molecule has 0 aliphatic heterocycles. The lowest BCUT2D eigenvalue weighted by molar-refractivity contribution is 0.662. The van der Waals surface area contributed by atoms with Gasteiger partial charge in [-0.25, -0.2) is 4.99 Å². The van der Waals surface area contributed by atoms with E-state index in [-0.39, 0.29) is 11.3 Å². The summed E-state index contributed by atoms with van der Waals surface area (Å²) >= 11 is 0. The number of nitrogens with zero attached hydrogens (tertiary/aromatic N) is 1. The average molecular weight is 755 g/mol.